The van der Waals surface area contributed by atoms with E-state index in [9.17, 15) is 4.79 Å². The summed E-state index contributed by atoms with van der Waals surface area (Å²) in [7, 11) is 0. The number of aromatic carboxylic acids is 1. The van der Waals surface area contributed by atoms with Crippen molar-refractivity contribution in [3.8, 4) is 11.4 Å². The number of aromatic nitrogens is 4. The van der Waals surface area contributed by atoms with Crippen LogP contribution < -0.4 is 0 Å². The second-order valence-electron chi connectivity index (χ2n) is 2.56. The van der Waals surface area contributed by atoms with Crippen molar-refractivity contribution < 1.29 is 9.90 Å². The Morgan fingerprint density at radius 2 is 2.36 bits per heavy atom. The molecule has 0 aromatic carbocycles. The monoisotopic (exact) mass is 190 g/mol. The SMILES string of the molecule is O=C(O)c1cn[nH]c1-c1ccncn1. The molecule has 6 heteroatoms. The molecular formula is C8H6N4O2. The van der Waals surface area contributed by atoms with E-state index in [1.54, 1.807) is 6.07 Å². The van der Waals surface area contributed by atoms with Crippen LogP contribution in [-0.2, 0) is 0 Å². The molecule has 2 N–H and O–H groups in total. The van der Waals surface area contributed by atoms with Crippen molar-refractivity contribution in [2.45, 2.75) is 0 Å². The van der Waals surface area contributed by atoms with Crippen molar-refractivity contribution in [3.63, 3.8) is 0 Å². The van der Waals surface area contributed by atoms with Gasteiger partial charge in [0.25, 0.3) is 0 Å². The highest BCUT2D eigenvalue weighted by Gasteiger charge is 2.14. The number of carbonyl (C=O) groups is 1. The fraction of sp³-hybridized carbons (Fsp3) is 0. The molecule has 0 unspecified atom stereocenters. The van der Waals surface area contributed by atoms with Crippen LogP contribution in [-0.4, -0.2) is 31.2 Å². The van der Waals surface area contributed by atoms with E-state index in [-0.39, 0.29) is 5.56 Å². The Morgan fingerprint density at radius 3 is 3.00 bits per heavy atom. The molecule has 14 heavy (non-hydrogen) atoms. The number of H-pyrrole nitrogens is 1. The Balaban J connectivity index is 2.52. The van der Waals surface area contributed by atoms with Crippen molar-refractivity contribution in [2.75, 3.05) is 0 Å². The fourth-order valence-electron chi connectivity index (χ4n) is 1.08. The Morgan fingerprint density at radius 1 is 1.50 bits per heavy atom. The van der Waals surface area contributed by atoms with Crippen LogP contribution in [0.5, 0.6) is 0 Å². The van der Waals surface area contributed by atoms with Crippen LogP contribution in [0, 0.1) is 0 Å². The molecule has 0 aliphatic heterocycles. The van der Waals surface area contributed by atoms with Gasteiger partial charge in [-0.1, -0.05) is 0 Å². The molecule has 0 bridgehead atoms. The molecule has 0 atom stereocenters. The molecule has 0 saturated carbocycles. The third-order valence-electron chi connectivity index (χ3n) is 1.71. The standard InChI is InChI=1S/C8H6N4O2/c13-8(14)5-3-11-12-7(5)6-1-2-9-4-10-6/h1-4H,(H,11,12)(H,13,14). The lowest BCUT2D eigenvalue weighted by Crippen LogP contribution is -1.97. The van der Waals surface area contributed by atoms with Gasteiger partial charge in [-0.2, -0.15) is 5.10 Å². The molecule has 0 saturated heterocycles. The molecule has 2 aromatic rings. The number of carboxylic acid groups (broad SMARTS) is 1. The number of hydrogen-bond donors (Lipinski definition) is 2. The third kappa shape index (κ3) is 1.33. The normalized spacial score (nSPS) is 10.0. The zero-order valence-corrected chi connectivity index (χ0v) is 7.01. The van der Waals surface area contributed by atoms with Gasteiger partial charge in [-0.15, -0.1) is 0 Å². The van der Waals surface area contributed by atoms with Gasteiger partial charge >= 0.3 is 5.97 Å². The van der Waals surface area contributed by atoms with Gasteiger partial charge in [0.15, 0.2) is 0 Å². The Labute approximate surface area is 78.6 Å². The van der Waals surface area contributed by atoms with Crippen LogP contribution in [0.3, 0.4) is 0 Å². The third-order valence-corrected chi connectivity index (χ3v) is 1.71. The topological polar surface area (TPSA) is 91.8 Å². The minimum absolute atomic E-state index is 0.101. The van der Waals surface area contributed by atoms with Gasteiger partial charge in [-0.3, -0.25) is 5.10 Å². The van der Waals surface area contributed by atoms with Gasteiger partial charge in [0.2, 0.25) is 0 Å². The van der Waals surface area contributed by atoms with E-state index < -0.39 is 5.97 Å². The summed E-state index contributed by atoms with van der Waals surface area (Å²) in [6.45, 7) is 0. The second-order valence-corrected chi connectivity index (χ2v) is 2.56. The number of aromatic amines is 1. The minimum Gasteiger partial charge on any atom is -0.478 e. The average Bonchev–Trinajstić information content (AvgIpc) is 2.67. The predicted octanol–water partition coefficient (Wildman–Crippen LogP) is 0.565. The maximum atomic E-state index is 10.8. The zero-order chi connectivity index (χ0) is 9.97. The molecule has 0 fully saturated rings. The number of rotatable bonds is 2. The smallest absolute Gasteiger partial charge is 0.339 e. The van der Waals surface area contributed by atoms with Gasteiger partial charge in [0, 0.05) is 6.20 Å². The van der Waals surface area contributed by atoms with E-state index in [0.29, 0.717) is 11.4 Å². The van der Waals surface area contributed by atoms with Gasteiger partial charge in [0.1, 0.15) is 11.9 Å². The molecule has 6 nitrogen and oxygen atoms in total. The lowest BCUT2D eigenvalue weighted by molar-refractivity contribution is 0.0698. The Hall–Kier alpha value is -2.24. The molecule has 2 aromatic heterocycles. The highest BCUT2D eigenvalue weighted by atomic mass is 16.4. The summed E-state index contributed by atoms with van der Waals surface area (Å²) in [5.74, 6) is -1.03. The van der Waals surface area contributed by atoms with E-state index in [1.807, 2.05) is 0 Å². The Bertz CT molecular complexity index is 451. The first-order valence-electron chi connectivity index (χ1n) is 3.82. The van der Waals surface area contributed by atoms with Crippen molar-refractivity contribution >= 4 is 5.97 Å². The van der Waals surface area contributed by atoms with E-state index >= 15 is 0 Å². The highest BCUT2D eigenvalue weighted by Crippen LogP contribution is 2.17. The summed E-state index contributed by atoms with van der Waals surface area (Å²) < 4.78 is 0. The molecule has 70 valence electrons. The average molecular weight is 190 g/mol. The lowest BCUT2D eigenvalue weighted by atomic mass is 10.2. The molecular weight excluding hydrogens is 184 g/mol. The van der Waals surface area contributed by atoms with Gasteiger partial charge in [0.05, 0.1) is 17.6 Å². The predicted molar refractivity (Wildman–Crippen MR) is 46.6 cm³/mol. The second kappa shape index (κ2) is 3.25. The molecule has 0 aliphatic rings. The molecule has 0 spiro atoms. The van der Waals surface area contributed by atoms with Gasteiger partial charge < -0.3 is 5.11 Å². The van der Waals surface area contributed by atoms with Crippen molar-refractivity contribution in [3.05, 3.63) is 30.4 Å². The molecule has 0 aliphatic carbocycles. The molecule has 2 heterocycles. The number of carboxylic acids is 1. The van der Waals surface area contributed by atoms with Gasteiger partial charge in [-0.25, -0.2) is 14.8 Å². The molecule has 0 radical (unpaired) electrons. The lowest BCUT2D eigenvalue weighted by Gasteiger charge is -1.96. The quantitative estimate of drug-likeness (QED) is 0.722. The zero-order valence-electron chi connectivity index (χ0n) is 7.01. The van der Waals surface area contributed by atoms with Gasteiger partial charge in [-0.05, 0) is 6.07 Å². The maximum Gasteiger partial charge on any atom is 0.339 e. The number of hydrogen-bond acceptors (Lipinski definition) is 4. The fourth-order valence-corrected chi connectivity index (χ4v) is 1.08. The van der Waals surface area contributed by atoms with Crippen LogP contribution in [0.4, 0.5) is 0 Å². The van der Waals surface area contributed by atoms with Crippen LogP contribution >= 0.6 is 0 Å². The van der Waals surface area contributed by atoms with Crippen molar-refractivity contribution in [2.24, 2.45) is 0 Å². The van der Waals surface area contributed by atoms with E-state index in [1.165, 1.54) is 18.7 Å². The largest absolute Gasteiger partial charge is 0.478 e. The highest BCUT2D eigenvalue weighted by molar-refractivity contribution is 5.93. The van der Waals surface area contributed by atoms with Crippen molar-refractivity contribution in [1.29, 1.82) is 0 Å². The summed E-state index contributed by atoms with van der Waals surface area (Å²) in [4.78, 5) is 18.4. The molecule has 2 rings (SSSR count). The maximum absolute atomic E-state index is 10.8. The summed E-state index contributed by atoms with van der Waals surface area (Å²) in [5, 5.41) is 15.0. The summed E-state index contributed by atoms with van der Waals surface area (Å²) in [6, 6.07) is 1.61. The minimum atomic E-state index is -1.03. The summed E-state index contributed by atoms with van der Waals surface area (Å²) >= 11 is 0. The van der Waals surface area contributed by atoms with Crippen LogP contribution in [0.25, 0.3) is 11.4 Å². The first-order valence-corrected chi connectivity index (χ1v) is 3.82. The van der Waals surface area contributed by atoms with Crippen molar-refractivity contribution in [1.82, 2.24) is 20.2 Å². The van der Waals surface area contributed by atoms with E-state index in [2.05, 4.69) is 20.2 Å². The summed E-state index contributed by atoms with van der Waals surface area (Å²) in [6.07, 6.45) is 4.14. The van der Waals surface area contributed by atoms with Crippen LogP contribution in [0.15, 0.2) is 24.8 Å². The van der Waals surface area contributed by atoms with E-state index in [0.717, 1.165) is 0 Å². The number of nitrogens with one attached hydrogen (secondary N) is 1. The first kappa shape index (κ1) is 8.36. The summed E-state index contributed by atoms with van der Waals surface area (Å²) in [5.41, 5.74) is 0.999. The van der Waals surface area contributed by atoms with E-state index in [4.69, 9.17) is 5.11 Å². The Kier molecular flexibility index (Phi) is 1.94. The van der Waals surface area contributed by atoms with Crippen LogP contribution in [0.1, 0.15) is 10.4 Å². The first-order chi connectivity index (χ1) is 6.79. The number of nitrogens with zero attached hydrogens (tertiary/aromatic N) is 3. The molecule has 0 amide bonds. The van der Waals surface area contributed by atoms with Crippen LogP contribution in [0.2, 0.25) is 0 Å².